The molecular formula is C11H22N4O2. The van der Waals surface area contributed by atoms with Gasteiger partial charge in [-0.2, -0.15) is 0 Å². The van der Waals surface area contributed by atoms with Gasteiger partial charge in [0.15, 0.2) is 0 Å². The second-order valence-corrected chi connectivity index (χ2v) is 4.93. The van der Waals surface area contributed by atoms with Crippen molar-refractivity contribution >= 4 is 5.97 Å². The van der Waals surface area contributed by atoms with E-state index in [9.17, 15) is 4.79 Å². The molecule has 0 aromatic carbocycles. The molecule has 0 aromatic rings. The summed E-state index contributed by atoms with van der Waals surface area (Å²) in [6, 6.07) is 0. The molecule has 6 heteroatoms. The lowest BCUT2D eigenvalue weighted by molar-refractivity contribution is -0.151. The second-order valence-electron chi connectivity index (χ2n) is 4.93. The Morgan fingerprint density at radius 1 is 1.24 bits per heavy atom. The minimum Gasteiger partial charge on any atom is -0.356 e. The van der Waals surface area contributed by atoms with Gasteiger partial charge in [-0.05, 0) is 18.8 Å². The average Bonchev–Trinajstić information content (AvgIpc) is 3.13. The maximum Gasteiger partial charge on any atom is 0.327 e. The third-order valence-corrected chi connectivity index (χ3v) is 3.48. The van der Waals surface area contributed by atoms with Gasteiger partial charge in [0.1, 0.15) is 0 Å². The number of hydrogen-bond acceptors (Lipinski definition) is 6. The summed E-state index contributed by atoms with van der Waals surface area (Å²) in [5.74, 6) is 5.56. The molecule has 3 N–H and O–H groups in total. The van der Waals surface area contributed by atoms with Gasteiger partial charge in [0, 0.05) is 39.3 Å². The summed E-state index contributed by atoms with van der Waals surface area (Å²) in [7, 11) is 0. The lowest BCUT2D eigenvalue weighted by Gasteiger charge is -2.34. The first-order valence-electron chi connectivity index (χ1n) is 6.38. The number of hydrogen-bond donors (Lipinski definition) is 2. The molecule has 0 radical (unpaired) electrons. The van der Waals surface area contributed by atoms with E-state index < -0.39 is 0 Å². The van der Waals surface area contributed by atoms with Crippen molar-refractivity contribution in [2.24, 2.45) is 11.8 Å². The first kappa shape index (κ1) is 12.8. The number of carbonyl (C=O) groups is 1. The van der Waals surface area contributed by atoms with Crippen LogP contribution >= 0.6 is 0 Å². The fraction of sp³-hybridized carbons (Fsp3) is 0.909. The molecule has 98 valence electrons. The normalized spacial score (nSPS) is 22.6. The lowest BCUT2D eigenvalue weighted by atomic mass is 10.2. The Morgan fingerprint density at radius 2 is 1.88 bits per heavy atom. The highest BCUT2D eigenvalue weighted by Gasteiger charge is 2.26. The zero-order valence-electron chi connectivity index (χ0n) is 10.2. The first-order valence-corrected chi connectivity index (χ1v) is 6.38. The lowest BCUT2D eigenvalue weighted by Crippen LogP contribution is -2.47. The van der Waals surface area contributed by atoms with Crippen LogP contribution in [0.2, 0.25) is 0 Å². The van der Waals surface area contributed by atoms with E-state index >= 15 is 0 Å². The summed E-state index contributed by atoms with van der Waals surface area (Å²) in [4.78, 5) is 20.4. The van der Waals surface area contributed by atoms with Crippen LogP contribution in [-0.4, -0.2) is 55.0 Å². The topological polar surface area (TPSA) is 70.8 Å². The number of nitrogens with one attached hydrogen (secondary N) is 1. The van der Waals surface area contributed by atoms with E-state index in [0.717, 1.165) is 38.6 Å². The molecule has 2 rings (SSSR count). The summed E-state index contributed by atoms with van der Waals surface area (Å²) < 4.78 is 0. The van der Waals surface area contributed by atoms with Crippen LogP contribution in [0.25, 0.3) is 0 Å². The number of piperazine rings is 1. The highest BCUT2D eigenvalue weighted by atomic mass is 16.7. The van der Waals surface area contributed by atoms with Gasteiger partial charge in [-0.3, -0.25) is 4.79 Å². The third kappa shape index (κ3) is 4.59. The number of carbonyl (C=O) groups excluding carboxylic acids is 1. The van der Waals surface area contributed by atoms with Crippen LogP contribution < -0.4 is 11.4 Å². The quantitative estimate of drug-likeness (QED) is 0.475. The number of rotatable bonds is 6. The van der Waals surface area contributed by atoms with Crippen molar-refractivity contribution in [1.29, 1.82) is 0 Å². The van der Waals surface area contributed by atoms with Crippen molar-refractivity contribution in [2.45, 2.75) is 19.3 Å². The van der Waals surface area contributed by atoms with Gasteiger partial charge in [-0.15, -0.1) is 0 Å². The van der Waals surface area contributed by atoms with Crippen molar-refractivity contribution in [1.82, 2.24) is 15.4 Å². The van der Waals surface area contributed by atoms with Crippen LogP contribution in [0, 0.1) is 5.92 Å². The van der Waals surface area contributed by atoms with Gasteiger partial charge < -0.3 is 14.6 Å². The van der Waals surface area contributed by atoms with Crippen LogP contribution in [0.3, 0.4) is 0 Å². The van der Waals surface area contributed by atoms with E-state index in [1.165, 1.54) is 19.4 Å². The molecule has 17 heavy (non-hydrogen) atoms. The van der Waals surface area contributed by atoms with Gasteiger partial charge in [0.25, 0.3) is 0 Å². The average molecular weight is 242 g/mol. The molecule has 1 saturated heterocycles. The maximum absolute atomic E-state index is 11.1. The van der Waals surface area contributed by atoms with Crippen LogP contribution in [0.15, 0.2) is 0 Å². The van der Waals surface area contributed by atoms with E-state index in [4.69, 9.17) is 5.84 Å². The summed E-state index contributed by atoms with van der Waals surface area (Å²) in [5.41, 5.74) is 1.91. The molecule has 0 atom stereocenters. The standard InChI is InChI=1S/C11H22N4O2/c12-13-17-11(16)3-4-14-5-7-15(8-6-14)9-10-1-2-10/h10,13H,1-9,12H2. The summed E-state index contributed by atoms with van der Waals surface area (Å²) in [6.07, 6.45) is 3.23. The largest absolute Gasteiger partial charge is 0.356 e. The molecule has 0 bridgehead atoms. The predicted octanol–water partition coefficient (Wildman–Crippen LogP) is -0.674. The van der Waals surface area contributed by atoms with Crippen molar-refractivity contribution in [3.8, 4) is 0 Å². The third-order valence-electron chi connectivity index (χ3n) is 3.48. The monoisotopic (exact) mass is 242 g/mol. The summed E-state index contributed by atoms with van der Waals surface area (Å²) >= 11 is 0. The molecular weight excluding hydrogens is 220 g/mol. The zero-order chi connectivity index (χ0) is 12.1. The Morgan fingerprint density at radius 3 is 2.47 bits per heavy atom. The summed E-state index contributed by atoms with van der Waals surface area (Å²) in [5, 5.41) is 0. The Kier molecular flexibility index (Phi) is 4.73. The van der Waals surface area contributed by atoms with Crippen molar-refractivity contribution in [2.75, 3.05) is 39.3 Å². The zero-order valence-corrected chi connectivity index (χ0v) is 10.2. The molecule has 0 amide bonds. The Bertz CT molecular complexity index is 250. The molecule has 0 unspecified atom stereocenters. The van der Waals surface area contributed by atoms with Crippen molar-refractivity contribution in [3.63, 3.8) is 0 Å². The van der Waals surface area contributed by atoms with Crippen molar-refractivity contribution in [3.05, 3.63) is 0 Å². The number of nitrogens with zero attached hydrogens (tertiary/aromatic N) is 2. The van der Waals surface area contributed by atoms with Gasteiger partial charge in [-0.1, -0.05) is 5.59 Å². The minimum absolute atomic E-state index is 0.298. The fourth-order valence-corrected chi connectivity index (χ4v) is 2.23. The molecule has 2 aliphatic rings. The highest BCUT2D eigenvalue weighted by molar-refractivity contribution is 5.69. The van der Waals surface area contributed by atoms with E-state index in [2.05, 4.69) is 14.6 Å². The second kappa shape index (κ2) is 6.30. The first-order chi connectivity index (χ1) is 8.28. The Labute approximate surface area is 102 Å². The van der Waals surface area contributed by atoms with Crippen LogP contribution in [-0.2, 0) is 9.63 Å². The molecule has 1 saturated carbocycles. The van der Waals surface area contributed by atoms with Gasteiger partial charge in [-0.25, -0.2) is 5.84 Å². The molecule has 1 heterocycles. The Balaban J connectivity index is 1.56. The van der Waals surface area contributed by atoms with Crippen LogP contribution in [0.5, 0.6) is 0 Å². The van der Waals surface area contributed by atoms with Crippen LogP contribution in [0.1, 0.15) is 19.3 Å². The van der Waals surface area contributed by atoms with Crippen LogP contribution in [0.4, 0.5) is 0 Å². The number of hydrazine groups is 1. The van der Waals surface area contributed by atoms with Gasteiger partial charge in [0.2, 0.25) is 0 Å². The summed E-state index contributed by atoms with van der Waals surface area (Å²) in [6.45, 7) is 6.39. The van der Waals surface area contributed by atoms with E-state index in [0.29, 0.717) is 6.42 Å². The molecule has 6 nitrogen and oxygen atoms in total. The van der Waals surface area contributed by atoms with E-state index in [1.807, 2.05) is 5.59 Å². The molecule has 2 fully saturated rings. The molecule has 1 aliphatic heterocycles. The van der Waals surface area contributed by atoms with Crippen molar-refractivity contribution < 1.29 is 9.63 Å². The molecule has 0 spiro atoms. The van der Waals surface area contributed by atoms with E-state index in [1.54, 1.807) is 0 Å². The SMILES string of the molecule is NNOC(=O)CCN1CCN(CC2CC2)CC1. The predicted molar refractivity (Wildman–Crippen MR) is 63.6 cm³/mol. The minimum atomic E-state index is -0.298. The van der Waals surface area contributed by atoms with E-state index in [-0.39, 0.29) is 5.97 Å². The molecule has 1 aliphatic carbocycles. The smallest absolute Gasteiger partial charge is 0.327 e. The maximum atomic E-state index is 11.1. The van der Waals surface area contributed by atoms with Gasteiger partial charge >= 0.3 is 5.97 Å². The number of nitrogens with two attached hydrogens (primary N) is 1. The van der Waals surface area contributed by atoms with Gasteiger partial charge in [0.05, 0.1) is 6.42 Å². The molecule has 0 aromatic heterocycles. The fourth-order valence-electron chi connectivity index (χ4n) is 2.23. The highest BCUT2D eigenvalue weighted by Crippen LogP contribution is 2.29. The Hall–Kier alpha value is -0.690.